The van der Waals surface area contributed by atoms with Crippen molar-refractivity contribution in [1.82, 2.24) is 14.5 Å². The molecule has 0 aliphatic heterocycles. The molecule has 0 saturated carbocycles. The largest absolute Gasteiger partial charge is 0.363 e. The summed E-state index contributed by atoms with van der Waals surface area (Å²) in [6, 6.07) is 5.95. The van der Waals surface area contributed by atoms with Gasteiger partial charge in [-0.25, -0.2) is 14.4 Å². The summed E-state index contributed by atoms with van der Waals surface area (Å²) in [6.45, 7) is 3.56. The maximum atomic E-state index is 13.7. The Hall–Kier alpha value is -3.09. The molecule has 2 N–H and O–H groups in total. The van der Waals surface area contributed by atoms with E-state index in [-0.39, 0.29) is 5.56 Å². The normalized spacial score (nSPS) is 11.0. The van der Waals surface area contributed by atoms with E-state index in [1.165, 1.54) is 18.5 Å². The first-order valence-electron chi connectivity index (χ1n) is 7.40. The molecule has 2 aromatic heterocycles. The summed E-state index contributed by atoms with van der Waals surface area (Å²) < 4.78 is 15.3. The molecule has 1 amide bonds. The van der Waals surface area contributed by atoms with E-state index in [4.69, 9.17) is 5.73 Å². The Kier molecular flexibility index (Phi) is 3.84. The van der Waals surface area contributed by atoms with Crippen molar-refractivity contribution >= 4 is 22.7 Å². The number of ketones is 1. The summed E-state index contributed by atoms with van der Waals surface area (Å²) in [5, 5.41) is 0.461. The SMILES string of the molecule is CCc1c(C(=O)C(N)=O)c2c(C)ncnc2n1-c1cccc(F)c1. The van der Waals surface area contributed by atoms with Crippen LogP contribution in [0.1, 0.15) is 28.7 Å². The topological polar surface area (TPSA) is 90.9 Å². The summed E-state index contributed by atoms with van der Waals surface area (Å²) in [6.07, 6.45) is 1.80. The lowest BCUT2D eigenvalue weighted by atomic mass is 10.0. The predicted octanol–water partition coefficient (Wildman–Crippen LogP) is 2.10. The van der Waals surface area contributed by atoms with E-state index in [2.05, 4.69) is 9.97 Å². The molecular weight excluding hydrogens is 311 g/mol. The molecule has 3 aromatic rings. The molecule has 0 aliphatic carbocycles. The van der Waals surface area contributed by atoms with Crippen LogP contribution in [0.25, 0.3) is 16.7 Å². The first-order valence-corrected chi connectivity index (χ1v) is 7.40. The zero-order chi connectivity index (χ0) is 17.4. The molecule has 0 unspecified atom stereocenters. The molecule has 122 valence electrons. The summed E-state index contributed by atoms with van der Waals surface area (Å²) in [4.78, 5) is 32.2. The molecule has 0 fully saturated rings. The quantitative estimate of drug-likeness (QED) is 0.587. The first-order chi connectivity index (χ1) is 11.5. The standard InChI is InChI=1S/C17H15FN4O2/c1-3-12-14(15(23)16(19)24)13-9(2)20-8-21-17(13)22(12)11-6-4-5-10(18)7-11/h4-8H,3H2,1-2H3,(H2,19,24). The number of nitrogens with zero attached hydrogens (tertiary/aromatic N) is 3. The van der Waals surface area contributed by atoms with Gasteiger partial charge < -0.3 is 5.73 Å². The average Bonchev–Trinajstić information content (AvgIpc) is 2.89. The van der Waals surface area contributed by atoms with Gasteiger partial charge in [0.25, 0.3) is 11.7 Å². The van der Waals surface area contributed by atoms with Crippen molar-refractivity contribution in [2.45, 2.75) is 20.3 Å². The van der Waals surface area contributed by atoms with Gasteiger partial charge in [0, 0.05) is 5.69 Å². The van der Waals surface area contributed by atoms with Gasteiger partial charge in [0.1, 0.15) is 17.8 Å². The van der Waals surface area contributed by atoms with Gasteiger partial charge in [-0.05, 0) is 31.5 Å². The number of carbonyl (C=O) groups excluding carboxylic acids is 2. The zero-order valence-corrected chi connectivity index (χ0v) is 13.2. The van der Waals surface area contributed by atoms with Crippen LogP contribution in [0.15, 0.2) is 30.6 Å². The maximum absolute atomic E-state index is 13.7. The van der Waals surface area contributed by atoms with Crippen LogP contribution in [-0.2, 0) is 11.2 Å². The molecule has 0 saturated heterocycles. The number of aromatic nitrogens is 3. The predicted molar refractivity (Wildman–Crippen MR) is 86.5 cm³/mol. The highest BCUT2D eigenvalue weighted by atomic mass is 19.1. The van der Waals surface area contributed by atoms with E-state index in [1.807, 2.05) is 6.92 Å². The summed E-state index contributed by atoms with van der Waals surface area (Å²) in [5.74, 6) is -2.26. The van der Waals surface area contributed by atoms with Crippen molar-refractivity contribution in [1.29, 1.82) is 0 Å². The van der Waals surface area contributed by atoms with Gasteiger partial charge in [-0.15, -0.1) is 0 Å². The van der Waals surface area contributed by atoms with Gasteiger partial charge in [0.2, 0.25) is 0 Å². The Morgan fingerprint density at radius 2 is 2.04 bits per heavy atom. The third-order valence-electron chi connectivity index (χ3n) is 3.89. The van der Waals surface area contributed by atoms with Crippen molar-refractivity contribution in [3.63, 3.8) is 0 Å². The minimum atomic E-state index is -1.05. The number of carbonyl (C=O) groups is 2. The summed E-state index contributed by atoms with van der Waals surface area (Å²) in [5.41, 5.74) is 7.44. The molecule has 6 nitrogen and oxygen atoms in total. The molecule has 7 heteroatoms. The number of amides is 1. The first kappa shape index (κ1) is 15.8. The Morgan fingerprint density at radius 1 is 1.29 bits per heavy atom. The van der Waals surface area contributed by atoms with Gasteiger partial charge in [-0.3, -0.25) is 14.2 Å². The number of aryl methyl sites for hydroxylation is 1. The number of hydrogen-bond donors (Lipinski definition) is 1. The van der Waals surface area contributed by atoms with Crippen LogP contribution in [-0.4, -0.2) is 26.2 Å². The third-order valence-corrected chi connectivity index (χ3v) is 3.89. The Bertz CT molecular complexity index is 978. The van der Waals surface area contributed by atoms with Crippen molar-refractivity contribution in [3.05, 3.63) is 53.4 Å². The molecule has 2 heterocycles. The molecule has 0 spiro atoms. The van der Waals surface area contributed by atoms with Crippen LogP contribution >= 0.6 is 0 Å². The van der Waals surface area contributed by atoms with Crippen LogP contribution < -0.4 is 5.73 Å². The second-order valence-electron chi connectivity index (χ2n) is 5.34. The minimum absolute atomic E-state index is 0.183. The second kappa shape index (κ2) is 5.84. The van der Waals surface area contributed by atoms with Gasteiger partial charge in [-0.2, -0.15) is 0 Å². The third kappa shape index (κ3) is 2.34. The number of hydrogen-bond acceptors (Lipinski definition) is 4. The summed E-state index contributed by atoms with van der Waals surface area (Å²) in [7, 11) is 0. The molecule has 3 rings (SSSR count). The van der Waals surface area contributed by atoms with Gasteiger partial charge >= 0.3 is 0 Å². The molecule has 1 aromatic carbocycles. The number of benzene rings is 1. The monoisotopic (exact) mass is 326 g/mol. The molecular formula is C17H15FN4O2. The van der Waals surface area contributed by atoms with E-state index in [1.54, 1.807) is 23.6 Å². The average molecular weight is 326 g/mol. The van der Waals surface area contributed by atoms with E-state index < -0.39 is 17.5 Å². The van der Waals surface area contributed by atoms with E-state index in [9.17, 15) is 14.0 Å². The van der Waals surface area contributed by atoms with Crippen LogP contribution in [0, 0.1) is 12.7 Å². The van der Waals surface area contributed by atoms with E-state index in [0.717, 1.165) is 0 Å². The molecule has 0 radical (unpaired) electrons. The van der Waals surface area contributed by atoms with Gasteiger partial charge in [0.05, 0.1) is 22.3 Å². The molecule has 0 atom stereocenters. The lowest BCUT2D eigenvalue weighted by Crippen LogP contribution is -2.24. The Balaban J connectivity index is 2.48. The minimum Gasteiger partial charge on any atom is -0.363 e. The van der Waals surface area contributed by atoms with Crippen LogP contribution in [0.4, 0.5) is 4.39 Å². The van der Waals surface area contributed by atoms with Crippen LogP contribution in [0.3, 0.4) is 0 Å². The van der Waals surface area contributed by atoms with Crippen molar-refractivity contribution in [2.75, 3.05) is 0 Å². The fourth-order valence-corrected chi connectivity index (χ4v) is 2.90. The number of nitrogens with two attached hydrogens (primary N) is 1. The number of primary amides is 1. The van der Waals surface area contributed by atoms with Crippen molar-refractivity contribution in [2.24, 2.45) is 5.73 Å². The lowest BCUT2D eigenvalue weighted by Gasteiger charge is -2.09. The maximum Gasteiger partial charge on any atom is 0.289 e. The zero-order valence-electron chi connectivity index (χ0n) is 13.2. The van der Waals surface area contributed by atoms with E-state index in [0.29, 0.717) is 34.5 Å². The fourth-order valence-electron chi connectivity index (χ4n) is 2.90. The number of rotatable bonds is 4. The Morgan fingerprint density at radius 3 is 2.67 bits per heavy atom. The highest BCUT2D eigenvalue weighted by Gasteiger charge is 2.27. The van der Waals surface area contributed by atoms with Crippen molar-refractivity contribution in [3.8, 4) is 5.69 Å². The van der Waals surface area contributed by atoms with Crippen LogP contribution in [0.5, 0.6) is 0 Å². The molecule has 24 heavy (non-hydrogen) atoms. The summed E-state index contributed by atoms with van der Waals surface area (Å²) >= 11 is 0. The van der Waals surface area contributed by atoms with Gasteiger partial charge in [0.15, 0.2) is 0 Å². The lowest BCUT2D eigenvalue weighted by molar-refractivity contribution is -0.114. The molecule has 0 aliphatic rings. The number of Topliss-reactive ketones (excluding diaryl/α,β-unsaturated/α-hetero) is 1. The van der Waals surface area contributed by atoms with Gasteiger partial charge in [-0.1, -0.05) is 13.0 Å². The Labute approximate surface area is 137 Å². The fraction of sp³-hybridized carbons (Fsp3) is 0.176. The highest BCUT2D eigenvalue weighted by Crippen LogP contribution is 2.30. The van der Waals surface area contributed by atoms with E-state index >= 15 is 0 Å². The number of fused-ring (bicyclic) bond motifs is 1. The second-order valence-corrected chi connectivity index (χ2v) is 5.34. The van der Waals surface area contributed by atoms with Crippen LogP contribution in [0.2, 0.25) is 0 Å². The smallest absolute Gasteiger partial charge is 0.289 e. The highest BCUT2D eigenvalue weighted by molar-refractivity contribution is 6.45. The van der Waals surface area contributed by atoms with Crippen molar-refractivity contribution < 1.29 is 14.0 Å². The molecule has 0 bridgehead atoms. The number of halogens is 1.